The molecule has 1 aromatic heterocycles. The number of aromatic nitrogens is 2. The van der Waals surface area contributed by atoms with Crippen molar-refractivity contribution < 1.29 is 17.9 Å². The number of nitrogens with two attached hydrogens (primary N) is 1. The van der Waals surface area contributed by atoms with E-state index in [-0.39, 0.29) is 25.1 Å². The molecule has 0 saturated heterocycles. The zero-order valence-electron chi connectivity index (χ0n) is 7.08. The zero-order valence-corrected chi connectivity index (χ0v) is 7.08. The van der Waals surface area contributed by atoms with Crippen LogP contribution in [0.25, 0.3) is 0 Å². The van der Waals surface area contributed by atoms with Gasteiger partial charge in [-0.25, -0.2) is 4.68 Å². The van der Waals surface area contributed by atoms with Gasteiger partial charge in [-0.1, -0.05) is 0 Å². The standard InChI is InChI=1S/C7H8F3N3O/c8-7(9,10)5-1-6-13(12-5)2-4(11)3-14-6/h1,4H,2-3,11H2. The molecule has 1 aliphatic heterocycles. The van der Waals surface area contributed by atoms with Crippen LogP contribution in [0.2, 0.25) is 0 Å². The van der Waals surface area contributed by atoms with E-state index in [4.69, 9.17) is 10.5 Å². The minimum Gasteiger partial charge on any atom is -0.476 e. The van der Waals surface area contributed by atoms with E-state index in [1.807, 2.05) is 0 Å². The quantitative estimate of drug-likeness (QED) is 0.678. The summed E-state index contributed by atoms with van der Waals surface area (Å²) in [5, 5.41) is 3.36. The number of ether oxygens (including phenoxy) is 1. The molecule has 2 heterocycles. The summed E-state index contributed by atoms with van der Waals surface area (Å²) in [4.78, 5) is 0. The molecule has 78 valence electrons. The van der Waals surface area contributed by atoms with E-state index in [0.29, 0.717) is 0 Å². The monoisotopic (exact) mass is 207 g/mol. The fraction of sp³-hybridized carbons (Fsp3) is 0.571. The third-order valence-electron chi connectivity index (χ3n) is 1.89. The first-order valence-electron chi connectivity index (χ1n) is 4.00. The molecule has 0 bridgehead atoms. The third kappa shape index (κ3) is 1.54. The highest BCUT2D eigenvalue weighted by molar-refractivity contribution is 5.19. The second kappa shape index (κ2) is 2.88. The number of alkyl halides is 3. The maximum Gasteiger partial charge on any atom is 0.435 e. The van der Waals surface area contributed by atoms with Gasteiger partial charge in [0, 0.05) is 6.07 Å². The van der Waals surface area contributed by atoms with Crippen LogP contribution in [0.15, 0.2) is 6.07 Å². The minimum atomic E-state index is -4.43. The first-order chi connectivity index (χ1) is 6.47. The maximum absolute atomic E-state index is 12.2. The Balaban J connectivity index is 2.32. The Hall–Kier alpha value is -1.24. The van der Waals surface area contributed by atoms with E-state index in [9.17, 15) is 13.2 Å². The number of hydrogen-bond donors (Lipinski definition) is 1. The fourth-order valence-electron chi connectivity index (χ4n) is 1.25. The number of rotatable bonds is 0. The van der Waals surface area contributed by atoms with Crippen molar-refractivity contribution in [3.63, 3.8) is 0 Å². The number of fused-ring (bicyclic) bond motifs is 1. The van der Waals surface area contributed by atoms with E-state index in [0.717, 1.165) is 10.7 Å². The lowest BCUT2D eigenvalue weighted by Gasteiger charge is -2.20. The lowest BCUT2D eigenvalue weighted by Crippen LogP contribution is -2.37. The first-order valence-corrected chi connectivity index (χ1v) is 4.00. The first kappa shape index (κ1) is 9.32. The molecule has 0 radical (unpaired) electrons. The lowest BCUT2D eigenvalue weighted by atomic mass is 10.3. The normalized spacial score (nSPS) is 21.6. The Morgan fingerprint density at radius 2 is 2.29 bits per heavy atom. The predicted octanol–water partition coefficient (Wildman–Crippen LogP) is 0.622. The van der Waals surface area contributed by atoms with Gasteiger partial charge in [-0.3, -0.25) is 0 Å². The van der Waals surface area contributed by atoms with Crippen molar-refractivity contribution in [1.82, 2.24) is 9.78 Å². The second-order valence-corrected chi connectivity index (χ2v) is 3.12. The van der Waals surface area contributed by atoms with Crippen molar-refractivity contribution in [2.24, 2.45) is 5.73 Å². The number of hydrogen-bond acceptors (Lipinski definition) is 3. The highest BCUT2D eigenvalue weighted by atomic mass is 19.4. The van der Waals surface area contributed by atoms with Crippen LogP contribution in [0.4, 0.5) is 13.2 Å². The molecule has 4 nitrogen and oxygen atoms in total. The molecule has 0 spiro atoms. The average Bonchev–Trinajstić information content (AvgIpc) is 2.45. The summed E-state index contributed by atoms with van der Waals surface area (Å²) in [7, 11) is 0. The summed E-state index contributed by atoms with van der Waals surface area (Å²) in [6, 6.07) is 0.579. The lowest BCUT2D eigenvalue weighted by molar-refractivity contribution is -0.141. The van der Waals surface area contributed by atoms with Gasteiger partial charge in [0.25, 0.3) is 0 Å². The molecule has 0 fully saturated rings. The van der Waals surface area contributed by atoms with Gasteiger partial charge >= 0.3 is 6.18 Å². The van der Waals surface area contributed by atoms with Crippen LogP contribution in [0, 0.1) is 0 Å². The fourth-order valence-corrected chi connectivity index (χ4v) is 1.25. The molecule has 1 atom stereocenters. The van der Waals surface area contributed by atoms with Gasteiger partial charge < -0.3 is 10.5 Å². The Bertz CT molecular complexity index is 346. The summed E-state index contributed by atoms with van der Waals surface area (Å²) >= 11 is 0. The Kier molecular flexibility index (Phi) is 1.91. The van der Waals surface area contributed by atoms with E-state index in [2.05, 4.69) is 5.10 Å². The Morgan fingerprint density at radius 3 is 2.93 bits per heavy atom. The van der Waals surface area contributed by atoms with Crippen LogP contribution in [-0.2, 0) is 12.7 Å². The SMILES string of the molecule is NC1COc2cc(C(F)(F)F)nn2C1. The third-order valence-corrected chi connectivity index (χ3v) is 1.89. The molecular weight excluding hydrogens is 199 g/mol. The van der Waals surface area contributed by atoms with Crippen molar-refractivity contribution >= 4 is 0 Å². The van der Waals surface area contributed by atoms with Crippen LogP contribution >= 0.6 is 0 Å². The van der Waals surface area contributed by atoms with Gasteiger partial charge in [-0.2, -0.15) is 18.3 Å². The molecular formula is C7H8F3N3O. The summed E-state index contributed by atoms with van der Waals surface area (Å²) in [6.45, 7) is 0.481. The summed E-state index contributed by atoms with van der Waals surface area (Å²) in [5.41, 5.74) is 4.56. The molecule has 1 aromatic rings. The van der Waals surface area contributed by atoms with E-state index >= 15 is 0 Å². The predicted molar refractivity (Wildman–Crippen MR) is 40.7 cm³/mol. The van der Waals surface area contributed by atoms with Gasteiger partial charge in [0.2, 0.25) is 5.88 Å². The Labute approximate surface area is 77.4 Å². The molecule has 0 aliphatic carbocycles. The van der Waals surface area contributed by atoms with E-state index in [1.165, 1.54) is 0 Å². The number of halogens is 3. The smallest absolute Gasteiger partial charge is 0.435 e. The van der Waals surface area contributed by atoms with E-state index < -0.39 is 11.9 Å². The Morgan fingerprint density at radius 1 is 1.57 bits per heavy atom. The topological polar surface area (TPSA) is 53.1 Å². The van der Waals surface area contributed by atoms with Gasteiger partial charge in [0.1, 0.15) is 6.61 Å². The molecule has 14 heavy (non-hydrogen) atoms. The highest BCUT2D eigenvalue weighted by Crippen LogP contribution is 2.31. The molecule has 7 heteroatoms. The molecule has 2 rings (SSSR count). The molecule has 0 aromatic carbocycles. The van der Waals surface area contributed by atoms with Crippen LogP contribution < -0.4 is 10.5 Å². The van der Waals surface area contributed by atoms with Crippen molar-refractivity contribution in [1.29, 1.82) is 0 Å². The average molecular weight is 207 g/mol. The van der Waals surface area contributed by atoms with Gasteiger partial charge in [0.05, 0.1) is 12.6 Å². The summed E-state index contributed by atoms with van der Waals surface area (Å²) in [6.07, 6.45) is -4.43. The molecule has 0 saturated carbocycles. The molecule has 0 amide bonds. The van der Waals surface area contributed by atoms with Crippen LogP contribution in [0.1, 0.15) is 5.69 Å². The largest absolute Gasteiger partial charge is 0.476 e. The summed E-state index contributed by atoms with van der Waals surface area (Å²) in [5.74, 6) is 0.124. The molecule has 1 unspecified atom stereocenters. The number of nitrogens with zero attached hydrogens (tertiary/aromatic N) is 2. The van der Waals surface area contributed by atoms with Crippen LogP contribution in [0.3, 0.4) is 0 Å². The summed E-state index contributed by atoms with van der Waals surface area (Å²) < 4.78 is 42.7. The van der Waals surface area contributed by atoms with Gasteiger partial charge in [-0.15, -0.1) is 0 Å². The zero-order chi connectivity index (χ0) is 10.3. The van der Waals surface area contributed by atoms with Gasteiger partial charge in [-0.05, 0) is 0 Å². The highest BCUT2D eigenvalue weighted by Gasteiger charge is 2.36. The molecule has 2 N–H and O–H groups in total. The maximum atomic E-state index is 12.2. The van der Waals surface area contributed by atoms with Crippen LogP contribution in [-0.4, -0.2) is 22.4 Å². The van der Waals surface area contributed by atoms with Gasteiger partial charge in [0.15, 0.2) is 5.69 Å². The van der Waals surface area contributed by atoms with Crippen LogP contribution in [0.5, 0.6) is 5.88 Å². The van der Waals surface area contributed by atoms with E-state index in [1.54, 1.807) is 0 Å². The van der Waals surface area contributed by atoms with Crippen molar-refractivity contribution in [3.8, 4) is 5.88 Å². The second-order valence-electron chi connectivity index (χ2n) is 3.12. The van der Waals surface area contributed by atoms with Crippen molar-refractivity contribution in [2.45, 2.75) is 18.8 Å². The minimum absolute atomic E-state index is 0.124. The van der Waals surface area contributed by atoms with Crippen molar-refractivity contribution in [2.75, 3.05) is 6.61 Å². The molecule has 1 aliphatic rings. The van der Waals surface area contributed by atoms with Crippen molar-refractivity contribution in [3.05, 3.63) is 11.8 Å².